The lowest BCUT2D eigenvalue weighted by atomic mass is 9.70. The van der Waals surface area contributed by atoms with Gasteiger partial charge in [-0.05, 0) is 73.5 Å². The highest BCUT2D eigenvalue weighted by molar-refractivity contribution is 6.20. The van der Waals surface area contributed by atoms with E-state index in [1.807, 2.05) is 27.8 Å². The van der Waals surface area contributed by atoms with Crippen LogP contribution in [0.2, 0.25) is 0 Å². The zero-order valence-corrected chi connectivity index (χ0v) is 32.5. The van der Waals surface area contributed by atoms with E-state index in [0.29, 0.717) is 55.5 Å². The number of piperazine rings is 1. The van der Waals surface area contributed by atoms with E-state index >= 15 is 0 Å². The first-order valence-corrected chi connectivity index (χ1v) is 19.8. The third-order valence-corrected chi connectivity index (χ3v) is 12.1. The Hall–Kier alpha value is -5.19. The number of nitriles is 1. The molecule has 55 heavy (non-hydrogen) atoms. The van der Waals surface area contributed by atoms with Crippen molar-refractivity contribution < 1.29 is 14.4 Å². The molecule has 0 saturated carbocycles. The van der Waals surface area contributed by atoms with Crippen LogP contribution >= 0.6 is 0 Å². The lowest BCUT2D eigenvalue weighted by molar-refractivity contribution is -0.131. The molecule has 13 nitrogen and oxygen atoms in total. The van der Waals surface area contributed by atoms with Gasteiger partial charge >= 0.3 is 0 Å². The Morgan fingerprint density at radius 1 is 1.11 bits per heavy atom. The molecule has 0 bridgehead atoms. The van der Waals surface area contributed by atoms with Crippen molar-refractivity contribution in [1.82, 2.24) is 29.7 Å². The van der Waals surface area contributed by atoms with Crippen molar-refractivity contribution in [2.45, 2.75) is 83.8 Å². The van der Waals surface area contributed by atoms with Crippen molar-refractivity contribution in [2.24, 2.45) is 11.7 Å². The smallest absolute Gasteiger partial charge is 0.237 e. The largest absolute Gasteiger partial charge is 0.369 e. The van der Waals surface area contributed by atoms with E-state index in [1.54, 1.807) is 12.3 Å². The second-order valence-electron chi connectivity index (χ2n) is 16.1. The van der Waals surface area contributed by atoms with Crippen LogP contribution in [0.5, 0.6) is 0 Å². The standard InChI is InChI=1S/C42H54N10O3/c1-5-28-21-30-31(42(3,4)39-37(38(30)54)29-11-10-27(23-43)20-33(29)47-39)22-35(28)50-16-18-51(19-17-50)36(53)9-7-13-49-24-26(2)34(25-49)48-40(55)32(44)8-6-14-52-15-12-46-41(52)45/h10-12,15,20-22,26,32,34,47H,5-9,13-14,16-19,24-25,44H2,1-4H3,(H2,45,46)(H,48,55)/t26-,32+,34+/m1/s1. The van der Waals surface area contributed by atoms with Gasteiger partial charge in [0.2, 0.25) is 11.8 Å². The van der Waals surface area contributed by atoms with Gasteiger partial charge in [-0.15, -0.1) is 0 Å². The van der Waals surface area contributed by atoms with Crippen molar-refractivity contribution in [3.05, 3.63) is 76.2 Å². The fraction of sp³-hybridized carbons (Fsp3) is 0.500. The first kappa shape index (κ1) is 38.1. The summed E-state index contributed by atoms with van der Waals surface area (Å²) >= 11 is 0. The third kappa shape index (κ3) is 7.45. The average Bonchev–Trinajstić information content (AvgIpc) is 3.89. The van der Waals surface area contributed by atoms with Crippen LogP contribution in [0.4, 0.5) is 11.6 Å². The zero-order chi connectivity index (χ0) is 39.0. The van der Waals surface area contributed by atoms with E-state index < -0.39 is 11.5 Å². The van der Waals surface area contributed by atoms with Crippen LogP contribution in [0.3, 0.4) is 0 Å². The third-order valence-electron chi connectivity index (χ3n) is 12.1. The molecule has 290 valence electrons. The molecule has 2 amide bonds. The van der Waals surface area contributed by atoms with E-state index in [-0.39, 0.29) is 23.6 Å². The number of carbonyl (C=O) groups excluding carboxylic acids is 3. The molecule has 0 unspecified atom stereocenters. The van der Waals surface area contributed by atoms with Crippen LogP contribution in [0, 0.1) is 17.2 Å². The van der Waals surface area contributed by atoms with E-state index in [0.717, 1.165) is 91.0 Å². The number of carbonyl (C=O) groups is 3. The number of benzene rings is 2. The van der Waals surface area contributed by atoms with Crippen molar-refractivity contribution >= 4 is 40.1 Å². The Morgan fingerprint density at radius 3 is 2.60 bits per heavy atom. The molecule has 6 N–H and O–H groups in total. The molecule has 2 saturated heterocycles. The number of ketones is 1. The molecular formula is C42H54N10O3. The summed E-state index contributed by atoms with van der Waals surface area (Å²) in [5.41, 5.74) is 18.5. The summed E-state index contributed by atoms with van der Waals surface area (Å²) < 4.78 is 1.85. The van der Waals surface area contributed by atoms with Gasteiger partial charge in [0.25, 0.3) is 0 Å². The summed E-state index contributed by atoms with van der Waals surface area (Å²) in [6.07, 6.45) is 6.83. The normalized spacial score (nSPS) is 20.0. The molecule has 13 heteroatoms. The van der Waals surface area contributed by atoms with Gasteiger partial charge in [0.15, 0.2) is 11.7 Å². The number of H-pyrrole nitrogens is 1. The average molecular weight is 747 g/mol. The summed E-state index contributed by atoms with van der Waals surface area (Å²) in [4.78, 5) is 54.5. The Labute approximate surface area is 323 Å². The molecular weight excluding hydrogens is 693 g/mol. The topological polar surface area (TPSA) is 182 Å². The minimum atomic E-state index is -0.574. The maximum Gasteiger partial charge on any atom is 0.237 e. The maximum absolute atomic E-state index is 14.1. The number of aryl methyl sites for hydroxylation is 2. The molecule has 4 aromatic rings. The molecule has 4 heterocycles. The number of likely N-dealkylation sites (tertiary alicyclic amines) is 1. The summed E-state index contributed by atoms with van der Waals surface area (Å²) in [7, 11) is 0. The number of imidazole rings is 1. The van der Waals surface area contributed by atoms with Gasteiger partial charge in [0.05, 0.1) is 23.2 Å². The molecule has 3 aliphatic rings. The van der Waals surface area contributed by atoms with Gasteiger partial charge in [-0.3, -0.25) is 14.4 Å². The van der Waals surface area contributed by atoms with Crippen molar-refractivity contribution in [1.29, 1.82) is 5.26 Å². The van der Waals surface area contributed by atoms with Gasteiger partial charge in [-0.1, -0.05) is 33.8 Å². The minimum absolute atomic E-state index is 0.0182. The van der Waals surface area contributed by atoms with E-state index in [2.05, 4.69) is 71.0 Å². The Bertz CT molecular complexity index is 2140. The Kier molecular flexibility index (Phi) is 10.7. The number of amides is 2. The Morgan fingerprint density at radius 2 is 1.89 bits per heavy atom. The van der Waals surface area contributed by atoms with Crippen molar-refractivity contribution in [2.75, 3.05) is 56.4 Å². The zero-order valence-electron chi connectivity index (χ0n) is 32.5. The van der Waals surface area contributed by atoms with Gasteiger partial charge in [-0.2, -0.15) is 5.26 Å². The number of nitrogen functional groups attached to an aromatic ring is 1. The fourth-order valence-electron chi connectivity index (χ4n) is 8.84. The Balaban J connectivity index is 0.901. The second kappa shape index (κ2) is 15.5. The monoisotopic (exact) mass is 746 g/mol. The van der Waals surface area contributed by atoms with Crippen molar-refractivity contribution in [3.8, 4) is 6.07 Å². The van der Waals surface area contributed by atoms with Crippen LogP contribution in [-0.4, -0.2) is 99.8 Å². The van der Waals surface area contributed by atoms with Gasteiger partial charge < -0.3 is 41.0 Å². The molecule has 2 aromatic carbocycles. The number of hydrogen-bond acceptors (Lipinski definition) is 9. The number of hydrogen-bond donors (Lipinski definition) is 4. The second-order valence-corrected chi connectivity index (χ2v) is 16.1. The highest BCUT2D eigenvalue weighted by Crippen LogP contribution is 2.46. The van der Waals surface area contributed by atoms with Crippen LogP contribution in [-0.2, 0) is 28.0 Å². The van der Waals surface area contributed by atoms with Crippen LogP contribution in [0.15, 0.2) is 42.7 Å². The lowest BCUT2D eigenvalue weighted by Crippen LogP contribution is -2.49. The molecule has 7 rings (SSSR count). The molecule has 2 aromatic heterocycles. The van der Waals surface area contributed by atoms with Crippen LogP contribution < -0.4 is 21.7 Å². The fourth-order valence-corrected chi connectivity index (χ4v) is 8.84. The van der Waals surface area contributed by atoms with Crippen LogP contribution in [0.25, 0.3) is 10.9 Å². The first-order chi connectivity index (χ1) is 26.4. The van der Waals surface area contributed by atoms with E-state index in [4.69, 9.17) is 11.5 Å². The van der Waals surface area contributed by atoms with Gasteiger partial charge in [0, 0.05) is 104 Å². The van der Waals surface area contributed by atoms with E-state index in [9.17, 15) is 19.6 Å². The molecule has 1 aliphatic carbocycles. The first-order valence-electron chi connectivity index (χ1n) is 19.8. The quantitative estimate of drug-likeness (QED) is 0.167. The molecule has 0 spiro atoms. The SMILES string of the molecule is CCc1cc2c(cc1N1CCN(C(=O)CCCN3C[C@@H](C)[C@@H](NC(=O)[C@@H](N)CCCn4ccnc4N)C3)CC1)C(C)(C)c1[nH]c3cc(C#N)ccc3c1C2=O. The number of aromatic amines is 1. The van der Waals surface area contributed by atoms with Crippen molar-refractivity contribution in [3.63, 3.8) is 0 Å². The van der Waals surface area contributed by atoms with Crippen LogP contribution in [0.1, 0.15) is 91.7 Å². The molecule has 0 radical (unpaired) electrons. The predicted molar refractivity (Wildman–Crippen MR) is 214 cm³/mol. The molecule has 2 fully saturated rings. The number of rotatable bonds is 12. The molecule has 3 atom stereocenters. The summed E-state index contributed by atoms with van der Waals surface area (Å²) in [5.74, 6) is 0.838. The van der Waals surface area contributed by atoms with Gasteiger partial charge in [0.1, 0.15) is 0 Å². The van der Waals surface area contributed by atoms with Gasteiger partial charge in [-0.25, -0.2) is 4.98 Å². The summed E-state index contributed by atoms with van der Waals surface area (Å²) in [6.45, 7) is 14.5. The number of fused-ring (bicyclic) bond motifs is 4. The highest BCUT2D eigenvalue weighted by atomic mass is 16.2. The molecule has 2 aliphatic heterocycles. The number of nitrogens with two attached hydrogens (primary N) is 2. The number of aromatic nitrogens is 3. The minimum Gasteiger partial charge on any atom is -0.369 e. The summed E-state index contributed by atoms with van der Waals surface area (Å²) in [5, 5.41) is 13.5. The number of anilines is 2. The number of nitrogens with one attached hydrogen (secondary N) is 2. The summed E-state index contributed by atoms with van der Waals surface area (Å²) in [6, 6.07) is 11.4. The number of nitrogens with zero attached hydrogens (tertiary/aromatic N) is 6. The van der Waals surface area contributed by atoms with E-state index in [1.165, 1.54) is 0 Å². The highest BCUT2D eigenvalue weighted by Gasteiger charge is 2.41. The predicted octanol–water partition coefficient (Wildman–Crippen LogP) is 3.92. The lowest BCUT2D eigenvalue weighted by Gasteiger charge is -2.39. The maximum atomic E-state index is 14.1.